The lowest BCUT2D eigenvalue weighted by molar-refractivity contribution is -0.145. The lowest BCUT2D eigenvalue weighted by Crippen LogP contribution is -2.12. The van der Waals surface area contributed by atoms with Crippen LogP contribution in [0.5, 0.6) is 0 Å². The maximum Gasteiger partial charge on any atom is 0.308 e. The number of carbonyl (C=O) groups is 1. The van der Waals surface area contributed by atoms with Crippen LogP contribution in [0.3, 0.4) is 0 Å². The van der Waals surface area contributed by atoms with Gasteiger partial charge in [-0.3, -0.25) is 4.79 Å². The maximum atomic E-state index is 11.3. The van der Waals surface area contributed by atoms with Gasteiger partial charge < -0.3 is 4.74 Å². The van der Waals surface area contributed by atoms with Gasteiger partial charge in [0.15, 0.2) is 0 Å². The number of ether oxygens (including phenoxy) is 1. The fourth-order valence-electron chi connectivity index (χ4n) is 2.69. The third-order valence-corrected chi connectivity index (χ3v) is 4.11. The molecule has 114 valence electrons. The Bertz CT molecular complexity index is 225. The molecule has 0 aromatic rings. The first-order valence-corrected chi connectivity index (χ1v) is 8.09. The zero-order chi connectivity index (χ0) is 14.7. The molecule has 0 heterocycles. The van der Waals surface area contributed by atoms with Crippen LogP contribution in [0, 0.1) is 17.8 Å². The third kappa shape index (κ3) is 9.98. The lowest BCUT2D eigenvalue weighted by Gasteiger charge is -2.15. The molecule has 0 aromatic heterocycles. The summed E-state index contributed by atoms with van der Waals surface area (Å²) in [6, 6.07) is 0. The zero-order valence-electron chi connectivity index (χ0n) is 13.7. The number of esters is 1. The Morgan fingerprint density at radius 2 is 1.37 bits per heavy atom. The summed E-state index contributed by atoms with van der Waals surface area (Å²) in [5.41, 5.74) is 0. The second-order valence-electron chi connectivity index (χ2n) is 6.29. The third-order valence-electron chi connectivity index (χ3n) is 4.11. The molecule has 2 nitrogen and oxygen atoms in total. The van der Waals surface area contributed by atoms with Gasteiger partial charge in [0, 0.05) is 0 Å². The van der Waals surface area contributed by atoms with Crippen LogP contribution in [0.25, 0.3) is 0 Å². The molecule has 0 bridgehead atoms. The predicted molar refractivity (Wildman–Crippen MR) is 82.1 cm³/mol. The van der Waals surface area contributed by atoms with Gasteiger partial charge in [0.1, 0.15) is 0 Å². The Balaban J connectivity index is 3.54. The molecule has 3 atom stereocenters. The van der Waals surface area contributed by atoms with Crippen LogP contribution in [0.1, 0.15) is 79.1 Å². The molecule has 0 fully saturated rings. The van der Waals surface area contributed by atoms with Gasteiger partial charge in [-0.2, -0.15) is 0 Å². The van der Waals surface area contributed by atoms with Crippen molar-refractivity contribution in [1.82, 2.24) is 0 Å². The standard InChI is InChI=1S/C17H34O2/c1-6-9-14(2)10-7-11-15(3)12-8-13-16(4)17(18)19-5/h14-16H,6-13H2,1-5H3/t14-,15-,16-/m1/s1. The average Bonchev–Trinajstić information content (AvgIpc) is 2.37. The first-order chi connectivity index (χ1) is 9.01. The summed E-state index contributed by atoms with van der Waals surface area (Å²) in [4.78, 5) is 11.3. The summed E-state index contributed by atoms with van der Waals surface area (Å²) >= 11 is 0. The monoisotopic (exact) mass is 270 g/mol. The van der Waals surface area contributed by atoms with Crippen LogP contribution in [-0.4, -0.2) is 13.1 Å². The molecule has 0 radical (unpaired) electrons. The fraction of sp³-hybridized carbons (Fsp3) is 0.941. The number of carbonyl (C=O) groups excluding carboxylic acids is 1. The molecule has 2 heteroatoms. The highest BCUT2D eigenvalue weighted by atomic mass is 16.5. The molecule has 0 aliphatic rings. The van der Waals surface area contributed by atoms with Crippen molar-refractivity contribution < 1.29 is 9.53 Å². The highest BCUT2D eigenvalue weighted by Gasteiger charge is 2.13. The molecule has 0 aliphatic carbocycles. The van der Waals surface area contributed by atoms with E-state index in [0.717, 1.165) is 24.7 Å². The Hall–Kier alpha value is -0.530. The van der Waals surface area contributed by atoms with E-state index in [9.17, 15) is 4.79 Å². The highest BCUT2D eigenvalue weighted by molar-refractivity contribution is 5.71. The van der Waals surface area contributed by atoms with Gasteiger partial charge in [-0.1, -0.05) is 72.6 Å². The van der Waals surface area contributed by atoms with E-state index in [2.05, 4.69) is 20.8 Å². The van der Waals surface area contributed by atoms with E-state index >= 15 is 0 Å². The van der Waals surface area contributed by atoms with Gasteiger partial charge in [-0.05, 0) is 18.3 Å². The molecular weight excluding hydrogens is 236 g/mol. The molecular formula is C17H34O2. The van der Waals surface area contributed by atoms with Gasteiger partial charge in [0.25, 0.3) is 0 Å². The molecule has 0 spiro atoms. The summed E-state index contributed by atoms with van der Waals surface area (Å²) in [7, 11) is 1.47. The van der Waals surface area contributed by atoms with E-state index in [-0.39, 0.29) is 11.9 Å². The molecule has 0 aromatic carbocycles. The Labute approximate surface area is 120 Å². The summed E-state index contributed by atoms with van der Waals surface area (Å²) in [6.45, 7) is 8.93. The van der Waals surface area contributed by atoms with Crippen LogP contribution in [0.2, 0.25) is 0 Å². The Morgan fingerprint density at radius 1 is 0.895 bits per heavy atom. The van der Waals surface area contributed by atoms with Crippen molar-refractivity contribution in [3.63, 3.8) is 0 Å². The van der Waals surface area contributed by atoms with Crippen molar-refractivity contribution in [2.45, 2.75) is 79.1 Å². The normalized spacial score (nSPS) is 15.8. The van der Waals surface area contributed by atoms with Crippen LogP contribution < -0.4 is 0 Å². The Kier molecular flexibility index (Phi) is 11.0. The van der Waals surface area contributed by atoms with E-state index in [1.54, 1.807) is 0 Å². The summed E-state index contributed by atoms with van der Waals surface area (Å²) in [5.74, 6) is 1.66. The summed E-state index contributed by atoms with van der Waals surface area (Å²) in [5, 5.41) is 0. The molecule has 0 rings (SSSR count). The maximum absolute atomic E-state index is 11.3. The van der Waals surface area contributed by atoms with Crippen molar-refractivity contribution in [1.29, 1.82) is 0 Å². The fourth-order valence-corrected chi connectivity index (χ4v) is 2.69. The van der Waals surface area contributed by atoms with Gasteiger partial charge >= 0.3 is 5.97 Å². The SMILES string of the molecule is CCC[C@@H](C)CCC[C@@H](C)CCC[C@@H](C)C(=O)OC. The van der Waals surface area contributed by atoms with E-state index in [4.69, 9.17) is 4.74 Å². The molecule has 0 aliphatic heterocycles. The minimum absolute atomic E-state index is 0.0572. The molecule has 0 saturated heterocycles. The van der Waals surface area contributed by atoms with E-state index in [1.807, 2.05) is 6.92 Å². The van der Waals surface area contributed by atoms with Gasteiger partial charge in [-0.15, -0.1) is 0 Å². The lowest BCUT2D eigenvalue weighted by atomic mass is 9.92. The van der Waals surface area contributed by atoms with Crippen molar-refractivity contribution in [3.05, 3.63) is 0 Å². The smallest absolute Gasteiger partial charge is 0.308 e. The predicted octanol–water partition coefficient (Wildman–Crippen LogP) is 5.21. The van der Waals surface area contributed by atoms with E-state index in [0.29, 0.717) is 0 Å². The van der Waals surface area contributed by atoms with E-state index < -0.39 is 0 Å². The molecule has 0 unspecified atom stereocenters. The van der Waals surface area contributed by atoms with Crippen molar-refractivity contribution in [2.24, 2.45) is 17.8 Å². The number of hydrogen-bond donors (Lipinski definition) is 0. The van der Waals surface area contributed by atoms with Gasteiger partial charge in [0.2, 0.25) is 0 Å². The van der Waals surface area contributed by atoms with Crippen LogP contribution in [0.4, 0.5) is 0 Å². The van der Waals surface area contributed by atoms with E-state index in [1.165, 1.54) is 45.6 Å². The van der Waals surface area contributed by atoms with Crippen molar-refractivity contribution in [3.8, 4) is 0 Å². The number of rotatable bonds is 11. The minimum Gasteiger partial charge on any atom is -0.469 e. The second-order valence-corrected chi connectivity index (χ2v) is 6.29. The highest BCUT2D eigenvalue weighted by Crippen LogP contribution is 2.21. The van der Waals surface area contributed by atoms with Crippen molar-refractivity contribution >= 4 is 5.97 Å². The minimum atomic E-state index is -0.0685. The van der Waals surface area contributed by atoms with Crippen molar-refractivity contribution in [2.75, 3.05) is 7.11 Å². The van der Waals surface area contributed by atoms with Gasteiger partial charge in [0.05, 0.1) is 13.0 Å². The van der Waals surface area contributed by atoms with Gasteiger partial charge in [-0.25, -0.2) is 0 Å². The number of hydrogen-bond acceptors (Lipinski definition) is 2. The van der Waals surface area contributed by atoms with Crippen LogP contribution >= 0.6 is 0 Å². The second kappa shape index (κ2) is 11.3. The number of methoxy groups -OCH3 is 1. The Morgan fingerprint density at radius 3 is 1.84 bits per heavy atom. The average molecular weight is 270 g/mol. The largest absolute Gasteiger partial charge is 0.469 e. The molecule has 0 amide bonds. The van der Waals surface area contributed by atoms with Crippen LogP contribution in [0.15, 0.2) is 0 Å². The van der Waals surface area contributed by atoms with Crippen LogP contribution in [-0.2, 0) is 9.53 Å². The molecule has 0 saturated carbocycles. The first kappa shape index (κ1) is 18.5. The zero-order valence-corrected chi connectivity index (χ0v) is 13.7. The quantitative estimate of drug-likeness (QED) is 0.482. The molecule has 19 heavy (non-hydrogen) atoms. The topological polar surface area (TPSA) is 26.3 Å². The summed E-state index contributed by atoms with van der Waals surface area (Å²) < 4.78 is 4.74. The first-order valence-electron chi connectivity index (χ1n) is 8.09. The summed E-state index contributed by atoms with van der Waals surface area (Å²) in [6.07, 6.45) is 10.1. The molecule has 0 N–H and O–H groups in total.